The highest BCUT2D eigenvalue weighted by atomic mass is 19.4. The normalized spacial score (nSPS) is 15.2. The van der Waals surface area contributed by atoms with Gasteiger partial charge in [-0.2, -0.15) is 13.2 Å². The molecule has 0 unspecified atom stereocenters. The van der Waals surface area contributed by atoms with Crippen LogP contribution >= 0.6 is 0 Å². The van der Waals surface area contributed by atoms with E-state index in [9.17, 15) is 22.8 Å². The van der Waals surface area contributed by atoms with Crippen LogP contribution in [0.25, 0.3) is 22.0 Å². The van der Waals surface area contributed by atoms with Gasteiger partial charge in [0, 0.05) is 34.8 Å². The second-order valence-electron chi connectivity index (χ2n) is 6.63. The van der Waals surface area contributed by atoms with Crippen molar-refractivity contribution in [2.75, 3.05) is 7.05 Å². The van der Waals surface area contributed by atoms with Gasteiger partial charge in [0.2, 0.25) is 0 Å². The van der Waals surface area contributed by atoms with Gasteiger partial charge in [0.15, 0.2) is 0 Å². The van der Waals surface area contributed by atoms with E-state index in [4.69, 9.17) is 0 Å². The van der Waals surface area contributed by atoms with Crippen molar-refractivity contribution in [3.63, 3.8) is 0 Å². The third-order valence-corrected chi connectivity index (χ3v) is 4.93. The third-order valence-electron chi connectivity index (χ3n) is 4.93. The molecule has 0 aliphatic carbocycles. The first-order valence-electron chi connectivity index (χ1n) is 8.52. The fraction of sp³-hybridized carbons (Fsp3) is 0.143. The summed E-state index contributed by atoms with van der Waals surface area (Å²) < 4.78 is 40.8. The summed E-state index contributed by atoms with van der Waals surface area (Å²) in [5.74, 6) is -1.37. The van der Waals surface area contributed by atoms with Gasteiger partial charge in [-0.05, 0) is 19.1 Å². The van der Waals surface area contributed by atoms with Crippen molar-refractivity contribution in [3.8, 4) is 0 Å². The Morgan fingerprint density at radius 2 is 1.50 bits per heavy atom. The van der Waals surface area contributed by atoms with Gasteiger partial charge in [-0.15, -0.1) is 0 Å². The Bertz CT molecular complexity index is 1170. The molecule has 1 aromatic heterocycles. The van der Waals surface area contributed by atoms with E-state index in [1.54, 1.807) is 25.1 Å². The molecule has 0 fully saturated rings. The van der Waals surface area contributed by atoms with Gasteiger partial charge in [-0.25, -0.2) is 0 Å². The van der Waals surface area contributed by atoms with Crippen LogP contribution in [0.4, 0.5) is 13.2 Å². The zero-order valence-electron chi connectivity index (χ0n) is 15.0. The number of carbonyl (C=O) groups excluding carboxylic acids is 2. The SMILES string of the molecule is Cc1[nH]c2ccccc2c1C1=C(c2ccccc2C(F)(F)F)C(=O)N(C)C1=O. The first-order chi connectivity index (χ1) is 13.2. The number of benzene rings is 2. The number of imide groups is 1. The van der Waals surface area contributed by atoms with Crippen molar-refractivity contribution in [2.24, 2.45) is 0 Å². The van der Waals surface area contributed by atoms with Crippen molar-refractivity contribution in [3.05, 3.63) is 70.9 Å². The molecule has 4 nitrogen and oxygen atoms in total. The van der Waals surface area contributed by atoms with Crippen LogP contribution in [0.2, 0.25) is 0 Å². The highest BCUT2D eigenvalue weighted by Gasteiger charge is 2.43. The van der Waals surface area contributed by atoms with Crippen LogP contribution in [-0.2, 0) is 15.8 Å². The van der Waals surface area contributed by atoms with Gasteiger partial charge >= 0.3 is 6.18 Å². The van der Waals surface area contributed by atoms with Gasteiger partial charge in [0.05, 0.1) is 16.7 Å². The van der Waals surface area contributed by atoms with Crippen molar-refractivity contribution in [1.29, 1.82) is 0 Å². The maximum absolute atomic E-state index is 13.6. The molecule has 2 aromatic carbocycles. The minimum atomic E-state index is -4.66. The number of fused-ring (bicyclic) bond motifs is 1. The van der Waals surface area contributed by atoms with Crippen molar-refractivity contribution >= 4 is 33.9 Å². The average molecular weight is 384 g/mol. The zero-order valence-corrected chi connectivity index (χ0v) is 15.0. The Kier molecular flexibility index (Phi) is 3.92. The number of alkyl halides is 3. The molecule has 0 saturated carbocycles. The Hall–Kier alpha value is -3.35. The van der Waals surface area contributed by atoms with E-state index >= 15 is 0 Å². The summed E-state index contributed by atoms with van der Waals surface area (Å²) in [5.41, 5.74) is 0.307. The molecule has 7 heteroatoms. The van der Waals surface area contributed by atoms with Crippen LogP contribution in [0.1, 0.15) is 22.4 Å². The smallest absolute Gasteiger partial charge is 0.358 e. The fourth-order valence-electron chi connectivity index (χ4n) is 3.67. The van der Waals surface area contributed by atoms with Crippen LogP contribution in [0.5, 0.6) is 0 Å². The molecule has 2 amide bonds. The number of amides is 2. The lowest BCUT2D eigenvalue weighted by molar-refractivity contribution is -0.137. The number of nitrogens with zero attached hydrogens (tertiary/aromatic N) is 1. The van der Waals surface area contributed by atoms with E-state index in [2.05, 4.69) is 4.98 Å². The monoisotopic (exact) mass is 384 g/mol. The predicted molar refractivity (Wildman–Crippen MR) is 99.1 cm³/mol. The topological polar surface area (TPSA) is 53.2 Å². The van der Waals surface area contributed by atoms with E-state index < -0.39 is 23.6 Å². The van der Waals surface area contributed by atoms with E-state index in [0.29, 0.717) is 16.6 Å². The summed E-state index contributed by atoms with van der Waals surface area (Å²) >= 11 is 0. The molecule has 0 saturated heterocycles. The molecule has 142 valence electrons. The quantitative estimate of drug-likeness (QED) is 0.666. The second kappa shape index (κ2) is 6.09. The lowest BCUT2D eigenvalue weighted by Crippen LogP contribution is -2.27. The number of para-hydroxylation sites is 1. The maximum Gasteiger partial charge on any atom is 0.417 e. The summed E-state index contributed by atoms with van der Waals surface area (Å²) in [4.78, 5) is 29.7. The van der Waals surface area contributed by atoms with Gasteiger partial charge < -0.3 is 4.98 Å². The van der Waals surface area contributed by atoms with Crippen LogP contribution in [0.15, 0.2) is 48.5 Å². The lowest BCUT2D eigenvalue weighted by atomic mass is 9.91. The number of rotatable bonds is 2. The number of carbonyl (C=O) groups is 2. The third kappa shape index (κ3) is 2.54. The highest BCUT2D eigenvalue weighted by Crippen LogP contribution is 2.43. The van der Waals surface area contributed by atoms with Gasteiger partial charge in [0.1, 0.15) is 0 Å². The van der Waals surface area contributed by atoms with Crippen LogP contribution in [0, 0.1) is 6.92 Å². The minimum absolute atomic E-state index is 0.0147. The lowest BCUT2D eigenvalue weighted by Gasteiger charge is -2.14. The van der Waals surface area contributed by atoms with E-state index in [0.717, 1.165) is 16.5 Å². The van der Waals surface area contributed by atoms with Crippen LogP contribution in [-0.4, -0.2) is 28.7 Å². The summed E-state index contributed by atoms with van der Waals surface area (Å²) in [6.07, 6.45) is -4.66. The van der Waals surface area contributed by atoms with E-state index in [-0.39, 0.29) is 16.7 Å². The number of halogens is 3. The number of hydrogen-bond acceptors (Lipinski definition) is 2. The molecule has 0 bridgehead atoms. The van der Waals surface area contributed by atoms with E-state index in [1.165, 1.54) is 25.2 Å². The Labute approximate surface area is 158 Å². The van der Waals surface area contributed by atoms with Crippen molar-refractivity contribution < 1.29 is 22.8 Å². The number of aromatic amines is 1. The molecule has 1 N–H and O–H groups in total. The van der Waals surface area contributed by atoms with E-state index in [1.807, 2.05) is 6.07 Å². The first kappa shape index (κ1) is 18.0. The fourth-order valence-corrected chi connectivity index (χ4v) is 3.67. The summed E-state index contributed by atoms with van der Waals surface area (Å²) in [6, 6.07) is 12.0. The van der Waals surface area contributed by atoms with Crippen LogP contribution < -0.4 is 0 Å². The molecular formula is C21H15F3N2O2. The molecule has 0 atom stereocenters. The Balaban J connectivity index is 2.11. The number of H-pyrrole nitrogens is 1. The second-order valence-corrected chi connectivity index (χ2v) is 6.63. The standard InChI is InChI=1S/C21H15F3N2O2/c1-11-16(13-8-4-6-10-15(13)25-11)18-17(19(27)26(2)20(18)28)12-7-3-5-9-14(12)21(22,23)24/h3-10,25H,1-2H3. The first-order valence-corrected chi connectivity index (χ1v) is 8.52. The number of aryl methyl sites for hydroxylation is 1. The molecule has 1 aliphatic rings. The predicted octanol–water partition coefficient (Wildman–Crippen LogP) is 4.40. The number of likely N-dealkylation sites (N-methyl/N-ethyl adjacent to an activating group) is 1. The van der Waals surface area contributed by atoms with Crippen LogP contribution in [0.3, 0.4) is 0 Å². The average Bonchev–Trinajstić information content (AvgIpc) is 3.09. The van der Waals surface area contributed by atoms with Crippen molar-refractivity contribution in [1.82, 2.24) is 9.88 Å². The molecule has 3 aromatic rings. The number of nitrogens with one attached hydrogen (secondary N) is 1. The highest BCUT2D eigenvalue weighted by molar-refractivity contribution is 6.50. The van der Waals surface area contributed by atoms with Gasteiger partial charge in [-0.1, -0.05) is 36.4 Å². The summed E-state index contributed by atoms with van der Waals surface area (Å²) in [7, 11) is 1.28. The largest absolute Gasteiger partial charge is 0.417 e. The molecular weight excluding hydrogens is 369 g/mol. The number of hydrogen-bond donors (Lipinski definition) is 1. The van der Waals surface area contributed by atoms with Crippen molar-refractivity contribution in [2.45, 2.75) is 13.1 Å². The summed E-state index contributed by atoms with van der Waals surface area (Å²) in [5, 5.41) is 0.674. The molecule has 2 heterocycles. The summed E-state index contributed by atoms with van der Waals surface area (Å²) in [6.45, 7) is 1.73. The number of aromatic nitrogens is 1. The Morgan fingerprint density at radius 3 is 2.21 bits per heavy atom. The van der Waals surface area contributed by atoms with Gasteiger partial charge in [0.25, 0.3) is 11.8 Å². The molecule has 1 aliphatic heterocycles. The maximum atomic E-state index is 13.6. The molecule has 0 spiro atoms. The molecule has 4 rings (SSSR count). The van der Waals surface area contributed by atoms with Gasteiger partial charge in [-0.3, -0.25) is 14.5 Å². The Morgan fingerprint density at radius 1 is 0.893 bits per heavy atom. The molecule has 0 radical (unpaired) electrons. The zero-order chi connectivity index (χ0) is 20.2. The minimum Gasteiger partial charge on any atom is -0.358 e. The molecule has 28 heavy (non-hydrogen) atoms.